The predicted octanol–water partition coefficient (Wildman–Crippen LogP) is 1.51. The highest BCUT2D eigenvalue weighted by Crippen LogP contribution is 2.53. The van der Waals surface area contributed by atoms with Gasteiger partial charge in [0.15, 0.2) is 0 Å². The Morgan fingerprint density at radius 3 is 2.52 bits per heavy atom. The lowest BCUT2D eigenvalue weighted by molar-refractivity contribution is -0.151. The van der Waals surface area contributed by atoms with Crippen molar-refractivity contribution in [3.63, 3.8) is 0 Å². The van der Waals surface area contributed by atoms with E-state index in [2.05, 4.69) is 5.32 Å². The van der Waals surface area contributed by atoms with Crippen molar-refractivity contribution in [2.75, 3.05) is 26.3 Å². The van der Waals surface area contributed by atoms with Crippen molar-refractivity contribution in [1.29, 1.82) is 0 Å². The summed E-state index contributed by atoms with van der Waals surface area (Å²) in [6.45, 7) is 5.65. The summed E-state index contributed by atoms with van der Waals surface area (Å²) < 4.78 is 12.1. The van der Waals surface area contributed by atoms with Crippen LogP contribution < -0.4 is 5.32 Å². The molecule has 40 heavy (non-hydrogen) atoms. The number of cyclic esters (lactones) is 1. The molecule has 10 nitrogen and oxygen atoms in total. The summed E-state index contributed by atoms with van der Waals surface area (Å²) in [6, 6.07) is 7.52. The number of β-amino-alcohol motifs (C(OH)–C–C–N with tert-alkyl or cyclic N) is 1. The van der Waals surface area contributed by atoms with Gasteiger partial charge in [0.05, 0.1) is 30.6 Å². The number of aliphatic hydroxyl groups excluding tert-OH is 1. The van der Waals surface area contributed by atoms with Gasteiger partial charge < -0.3 is 29.7 Å². The Morgan fingerprint density at radius 1 is 1.07 bits per heavy atom. The maximum atomic E-state index is 14.1. The number of aliphatic hydroxyl groups is 1. The van der Waals surface area contributed by atoms with Crippen LogP contribution in [-0.4, -0.2) is 88.2 Å². The summed E-state index contributed by atoms with van der Waals surface area (Å²) in [5, 5.41) is 12.8. The minimum atomic E-state index is -1.39. The van der Waals surface area contributed by atoms with E-state index in [0.29, 0.717) is 13.0 Å². The summed E-state index contributed by atoms with van der Waals surface area (Å²) in [5.74, 6) is -3.44. The maximum absolute atomic E-state index is 14.1. The summed E-state index contributed by atoms with van der Waals surface area (Å²) >= 11 is 0. The fourth-order valence-corrected chi connectivity index (χ4v) is 6.39. The van der Waals surface area contributed by atoms with Crippen molar-refractivity contribution >= 4 is 23.7 Å². The SMILES string of the molecule is CC(C)(C)N1CC=C[C@]23O[C@@H]4/C=C\CCC(=O)OC[C@@H](c5ccccc5)NC(=O)[C@@H]4[C@H]2C(=O)N(CCO)[C@@H]3C1=O. The Bertz CT molecular complexity index is 1220. The van der Waals surface area contributed by atoms with Crippen LogP contribution in [0.5, 0.6) is 0 Å². The molecule has 0 aliphatic carbocycles. The molecule has 2 N–H and O–H groups in total. The van der Waals surface area contributed by atoms with Crippen molar-refractivity contribution < 1.29 is 33.8 Å². The Labute approximate surface area is 234 Å². The van der Waals surface area contributed by atoms with E-state index in [4.69, 9.17) is 9.47 Å². The average Bonchev–Trinajstić information content (AvgIpc) is 3.28. The molecule has 1 spiro atoms. The molecule has 0 aromatic heterocycles. The van der Waals surface area contributed by atoms with Crippen LogP contribution in [0.4, 0.5) is 0 Å². The number of nitrogens with one attached hydrogen (secondary N) is 1. The average molecular weight is 552 g/mol. The Kier molecular flexibility index (Phi) is 7.58. The number of esters is 1. The van der Waals surface area contributed by atoms with Gasteiger partial charge in [0.25, 0.3) is 0 Å². The van der Waals surface area contributed by atoms with E-state index in [1.165, 1.54) is 4.90 Å². The van der Waals surface area contributed by atoms with Crippen LogP contribution in [0.25, 0.3) is 0 Å². The fraction of sp³-hybridized carbons (Fsp3) is 0.533. The highest BCUT2D eigenvalue weighted by atomic mass is 16.5. The lowest BCUT2D eigenvalue weighted by Crippen LogP contribution is -2.58. The van der Waals surface area contributed by atoms with Crippen LogP contribution in [0.3, 0.4) is 0 Å². The van der Waals surface area contributed by atoms with Crippen molar-refractivity contribution in [3.05, 3.63) is 60.2 Å². The normalized spacial score (nSPS) is 33.6. The van der Waals surface area contributed by atoms with E-state index in [1.807, 2.05) is 57.2 Å². The first-order chi connectivity index (χ1) is 19.1. The summed E-state index contributed by atoms with van der Waals surface area (Å²) in [6.07, 6.45) is 6.81. The first-order valence-corrected chi connectivity index (χ1v) is 13.8. The molecule has 2 fully saturated rings. The van der Waals surface area contributed by atoms with E-state index in [1.54, 1.807) is 23.1 Å². The number of nitrogens with zero attached hydrogens (tertiary/aromatic N) is 2. The van der Waals surface area contributed by atoms with E-state index in [0.717, 1.165) is 5.56 Å². The smallest absolute Gasteiger partial charge is 0.306 e. The zero-order valence-corrected chi connectivity index (χ0v) is 23.1. The number of rotatable bonds is 3. The third-order valence-electron chi connectivity index (χ3n) is 8.22. The third kappa shape index (κ3) is 4.83. The number of hydrogen-bond donors (Lipinski definition) is 2. The molecule has 10 heteroatoms. The highest BCUT2D eigenvalue weighted by molar-refractivity contribution is 6.00. The Morgan fingerprint density at radius 2 is 1.82 bits per heavy atom. The summed E-state index contributed by atoms with van der Waals surface area (Å²) in [5.41, 5.74) is -1.17. The van der Waals surface area contributed by atoms with Gasteiger partial charge in [-0.2, -0.15) is 0 Å². The molecule has 3 amide bonds. The van der Waals surface area contributed by atoms with Gasteiger partial charge in [-0.25, -0.2) is 0 Å². The second kappa shape index (κ2) is 10.8. The number of hydrogen-bond acceptors (Lipinski definition) is 7. The molecule has 0 bridgehead atoms. The molecule has 0 radical (unpaired) electrons. The van der Waals surface area contributed by atoms with Crippen molar-refractivity contribution in [1.82, 2.24) is 15.1 Å². The zero-order valence-electron chi connectivity index (χ0n) is 23.1. The molecular formula is C30H37N3O7. The van der Waals surface area contributed by atoms with Crippen LogP contribution in [-0.2, 0) is 28.7 Å². The fourth-order valence-electron chi connectivity index (χ4n) is 6.39. The molecule has 2 saturated heterocycles. The van der Waals surface area contributed by atoms with E-state index >= 15 is 0 Å². The quantitative estimate of drug-likeness (QED) is 0.431. The molecule has 0 unspecified atom stereocenters. The summed E-state index contributed by atoms with van der Waals surface area (Å²) in [7, 11) is 0. The predicted molar refractivity (Wildman–Crippen MR) is 144 cm³/mol. The molecule has 214 valence electrons. The number of fused-ring (bicyclic) bond motifs is 2. The number of ether oxygens (including phenoxy) is 2. The van der Waals surface area contributed by atoms with Gasteiger partial charge in [-0.3, -0.25) is 19.2 Å². The minimum absolute atomic E-state index is 0.0554. The van der Waals surface area contributed by atoms with E-state index in [9.17, 15) is 24.3 Å². The molecular weight excluding hydrogens is 514 g/mol. The Hall–Kier alpha value is -3.50. The number of benzene rings is 1. The monoisotopic (exact) mass is 551 g/mol. The van der Waals surface area contributed by atoms with Gasteiger partial charge in [0.2, 0.25) is 17.7 Å². The number of allylic oxidation sites excluding steroid dienone is 1. The second-order valence-electron chi connectivity index (χ2n) is 11.7. The van der Waals surface area contributed by atoms with E-state index in [-0.39, 0.29) is 38.1 Å². The number of amides is 3. The minimum Gasteiger partial charge on any atom is -0.463 e. The molecule has 4 aliphatic heterocycles. The van der Waals surface area contributed by atoms with Crippen molar-refractivity contribution in [2.45, 2.75) is 62.9 Å². The second-order valence-corrected chi connectivity index (χ2v) is 11.7. The van der Waals surface area contributed by atoms with E-state index < -0.39 is 53.0 Å². The van der Waals surface area contributed by atoms with Crippen LogP contribution in [0.15, 0.2) is 54.6 Å². The van der Waals surface area contributed by atoms with Crippen molar-refractivity contribution in [2.24, 2.45) is 11.8 Å². The molecule has 0 saturated carbocycles. The molecule has 1 aromatic carbocycles. The highest BCUT2D eigenvalue weighted by Gasteiger charge is 2.71. The molecule has 5 rings (SSSR count). The molecule has 1 aromatic rings. The van der Waals surface area contributed by atoms with Gasteiger partial charge in [-0.05, 0) is 32.8 Å². The van der Waals surface area contributed by atoms with Crippen LogP contribution in [0.2, 0.25) is 0 Å². The standard InChI is InChI=1S/C30H37N3O7/c1-29(2,3)33-15-9-14-30-24(27(37)32(16-17-34)25(30)28(33)38)23-21(40-30)12-7-8-13-22(35)39-18-20(31-26(23)36)19-10-5-4-6-11-19/h4-7,9-12,14,20-21,23-25,34H,8,13,15-18H2,1-3H3,(H,31,36)/b12-7-/t20-,21+,23-,24-,25+,30-/m0/s1. The summed E-state index contributed by atoms with van der Waals surface area (Å²) in [4.78, 5) is 57.7. The van der Waals surface area contributed by atoms with Crippen LogP contribution in [0, 0.1) is 11.8 Å². The topological polar surface area (TPSA) is 125 Å². The first kappa shape index (κ1) is 28.0. The lowest BCUT2D eigenvalue weighted by Gasteiger charge is -2.40. The van der Waals surface area contributed by atoms with Gasteiger partial charge in [-0.15, -0.1) is 0 Å². The Balaban J connectivity index is 1.59. The molecule has 4 heterocycles. The van der Waals surface area contributed by atoms with Crippen molar-refractivity contribution in [3.8, 4) is 0 Å². The lowest BCUT2D eigenvalue weighted by atomic mass is 9.77. The molecule has 4 aliphatic rings. The number of carbonyl (C=O) groups excluding carboxylic acids is 4. The number of carbonyl (C=O) groups is 4. The van der Waals surface area contributed by atoms with Crippen LogP contribution >= 0.6 is 0 Å². The largest absolute Gasteiger partial charge is 0.463 e. The number of likely N-dealkylation sites (tertiary alicyclic amines) is 1. The maximum Gasteiger partial charge on any atom is 0.306 e. The first-order valence-electron chi connectivity index (χ1n) is 13.8. The molecule has 6 atom stereocenters. The van der Waals surface area contributed by atoms with Crippen LogP contribution in [0.1, 0.15) is 45.2 Å². The zero-order chi connectivity index (χ0) is 28.7. The third-order valence-corrected chi connectivity index (χ3v) is 8.22. The van der Waals surface area contributed by atoms with Gasteiger partial charge in [0, 0.05) is 25.0 Å². The van der Waals surface area contributed by atoms with Gasteiger partial charge >= 0.3 is 5.97 Å². The van der Waals surface area contributed by atoms with Gasteiger partial charge in [-0.1, -0.05) is 54.6 Å². The van der Waals surface area contributed by atoms with Gasteiger partial charge in [0.1, 0.15) is 18.2 Å².